The molecule has 29 heavy (non-hydrogen) atoms. The van der Waals surface area contributed by atoms with Crippen LogP contribution >= 0.6 is 0 Å². The van der Waals surface area contributed by atoms with Gasteiger partial charge in [0.15, 0.2) is 5.58 Å². The van der Waals surface area contributed by atoms with E-state index in [9.17, 15) is 18.0 Å². The van der Waals surface area contributed by atoms with Crippen LogP contribution < -0.4 is 10.2 Å². The molecule has 0 radical (unpaired) electrons. The molecule has 4 rings (SSSR count). The molecule has 0 saturated carbocycles. The minimum Gasteiger partial charge on any atom is -0.370 e. The molecule has 0 unspecified atom stereocenters. The van der Waals surface area contributed by atoms with E-state index in [2.05, 4.69) is 10.5 Å². The molecule has 1 aliphatic rings. The second-order valence-electron chi connectivity index (χ2n) is 7.28. The first-order chi connectivity index (χ1) is 13.8. The monoisotopic (exact) mass is 403 g/mol. The Hall–Kier alpha value is -3.03. The molecule has 3 aromatic rings. The number of benzene rings is 2. The number of aromatic nitrogens is 1. The number of aryl methyl sites for hydroxylation is 1. The lowest BCUT2D eigenvalue weighted by atomic mass is 10.1. The number of anilines is 2. The van der Waals surface area contributed by atoms with E-state index in [4.69, 9.17) is 4.52 Å². The van der Waals surface area contributed by atoms with E-state index >= 15 is 0 Å². The molecular weight excluding hydrogens is 383 g/mol. The van der Waals surface area contributed by atoms with Crippen LogP contribution in [0, 0.1) is 6.92 Å². The molecule has 2 heterocycles. The lowest BCUT2D eigenvalue weighted by Crippen LogP contribution is -2.22. The number of nitrogens with zero attached hydrogens (tertiary/aromatic N) is 2. The molecule has 0 atom stereocenters. The zero-order valence-electron chi connectivity index (χ0n) is 15.8. The quantitative estimate of drug-likeness (QED) is 0.671. The first-order valence-electron chi connectivity index (χ1n) is 9.42. The molecular formula is C21H20F3N3O2. The summed E-state index contributed by atoms with van der Waals surface area (Å²) in [7, 11) is 0. The third-order valence-electron chi connectivity index (χ3n) is 5.07. The highest BCUT2D eigenvalue weighted by Crippen LogP contribution is 2.36. The van der Waals surface area contributed by atoms with Gasteiger partial charge in [0, 0.05) is 18.5 Å². The topological polar surface area (TPSA) is 58.4 Å². The molecule has 152 valence electrons. The normalized spacial score (nSPS) is 14.6. The van der Waals surface area contributed by atoms with Gasteiger partial charge in [0.05, 0.1) is 23.4 Å². The molecule has 5 nitrogen and oxygen atoms in total. The van der Waals surface area contributed by atoms with Gasteiger partial charge in [-0.3, -0.25) is 4.79 Å². The van der Waals surface area contributed by atoms with Crippen molar-refractivity contribution < 1.29 is 22.5 Å². The van der Waals surface area contributed by atoms with Gasteiger partial charge in [0.2, 0.25) is 5.91 Å². The summed E-state index contributed by atoms with van der Waals surface area (Å²) < 4.78 is 44.8. The van der Waals surface area contributed by atoms with Crippen molar-refractivity contribution >= 4 is 28.3 Å². The van der Waals surface area contributed by atoms with Crippen LogP contribution in [0.15, 0.2) is 40.9 Å². The Kier molecular flexibility index (Phi) is 4.94. The van der Waals surface area contributed by atoms with Crippen LogP contribution in [0.2, 0.25) is 0 Å². The van der Waals surface area contributed by atoms with E-state index in [1.54, 1.807) is 6.07 Å². The summed E-state index contributed by atoms with van der Waals surface area (Å²) in [5.74, 6) is -0.443. The minimum atomic E-state index is -4.48. The maximum atomic E-state index is 13.2. The number of carbonyl (C=O) groups is 1. The van der Waals surface area contributed by atoms with Crippen LogP contribution in [-0.2, 0) is 17.4 Å². The van der Waals surface area contributed by atoms with Crippen molar-refractivity contribution in [1.82, 2.24) is 5.16 Å². The molecule has 1 aliphatic heterocycles. The van der Waals surface area contributed by atoms with E-state index in [0.717, 1.165) is 49.0 Å². The zero-order chi connectivity index (χ0) is 20.6. The van der Waals surface area contributed by atoms with E-state index < -0.39 is 17.6 Å². The van der Waals surface area contributed by atoms with Gasteiger partial charge < -0.3 is 14.7 Å². The first kappa shape index (κ1) is 19.3. The summed E-state index contributed by atoms with van der Waals surface area (Å²) in [6, 6.07) is 9.00. The number of hydrogen-bond donors (Lipinski definition) is 1. The number of hydrogen-bond acceptors (Lipinski definition) is 4. The number of rotatable bonds is 4. The molecule has 0 aliphatic carbocycles. The summed E-state index contributed by atoms with van der Waals surface area (Å²) in [5.41, 5.74) is 1.99. The largest absolute Gasteiger partial charge is 0.416 e. The van der Waals surface area contributed by atoms with Gasteiger partial charge in [-0.15, -0.1) is 0 Å². The van der Waals surface area contributed by atoms with E-state index in [1.807, 2.05) is 24.0 Å². The predicted molar refractivity (Wildman–Crippen MR) is 104 cm³/mol. The lowest BCUT2D eigenvalue weighted by molar-refractivity contribution is -0.137. The van der Waals surface area contributed by atoms with Gasteiger partial charge in [0.25, 0.3) is 0 Å². The third kappa shape index (κ3) is 4.06. The van der Waals surface area contributed by atoms with Gasteiger partial charge in [-0.25, -0.2) is 0 Å². The van der Waals surface area contributed by atoms with E-state index in [-0.39, 0.29) is 12.1 Å². The van der Waals surface area contributed by atoms with Crippen molar-refractivity contribution in [3.05, 3.63) is 53.2 Å². The van der Waals surface area contributed by atoms with Crippen molar-refractivity contribution in [1.29, 1.82) is 0 Å². The molecule has 0 spiro atoms. The highest BCUT2D eigenvalue weighted by atomic mass is 19.4. The van der Waals surface area contributed by atoms with Crippen molar-refractivity contribution in [3.63, 3.8) is 0 Å². The second kappa shape index (κ2) is 7.42. The molecule has 0 bridgehead atoms. The standard InChI is InChI=1S/C21H20F3N3O2/c1-13-4-7-19-15(10-13)16(26-29-19)12-20(28)25-17-11-14(21(22,23)24)5-6-18(17)27-8-2-3-9-27/h4-7,10-11H,2-3,8-9,12H2,1H3,(H,25,28). The molecule has 1 N–H and O–H groups in total. The molecule has 1 saturated heterocycles. The highest BCUT2D eigenvalue weighted by molar-refractivity contribution is 5.97. The fraction of sp³-hybridized carbons (Fsp3) is 0.333. The number of amides is 1. The zero-order valence-corrected chi connectivity index (χ0v) is 15.8. The van der Waals surface area contributed by atoms with Gasteiger partial charge >= 0.3 is 6.18 Å². The van der Waals surface area contributed by atoms with Crippen LogP contribution in [0.5, 0.6) is 0 Å². The number of alkyl halides is 3. The average molecular weight is 403 g/mol. The SMILES string of the molecule is Cc1ccc2onc(CC(=O)Nc3cc(C(F)(F)F)ccc3N3CCCC3)c2c1. The second-order valence-corrected chi connectivity index (χ2v) is 7.28. The summed E-state index contributed by atoms with van der Waals surface area (Å²) in [4.78, 5) is 14.6. The van der Waals surface area contributed by atoms with E-state index in [1.165, 1.54) is 6.07 Å². The maximum Gasteiger partial charge on any atom is 0.416 e. The van der Waals surface area contributed by atoms with Gasteiger partial charge in [-0.1, -0.05) is 16.8 Å². The van der Waals surface area contributed by atoms with Crippen LogP contribution in [0.25, 0.3) is 11.0 Å². The molecule has 1 fully saturated rings. The number of fused-ring (bicyclic) bond motifs is 1. The van der Waals surface area contributed by atoms with Crippen molar-refractivity contribution in [2.24, 2.45) is 0 Å². The Morgan fingerprint density at radius 2 is 1.93 bits per heavy atom. The average Bonchev–Trinajstić information content (AvgIpc) is 3.31. The number of nitrogens with one attached hydrogen (secondary N) is 1. The maximum absolute atomic E-state index is 13.2. The Balaban J connectivity index is 1.61. The Labute approximate surface area is 165 Å². The van der Waals surface area contributed by atoms with Crippen LogP contribution in [0.4, 0.5) is 24.5 Å². The number of halogens is 3. The first-order valence-corrected chi connectivity index (χ1v) is 9.42. The Morgan fingerprint density at radius 1 is 1.17 bits per heavy atom. The Morgan fingerprint density at radius 3 is 2.66 bits per heavy atom. The summed E-state index contributed by atoms with van der Waals surface area (Å²) in [6.45, 7) is 3.42. The van der Waals surface area contributed by atoms with Gasteiger partial charge in [-0.05, 0) is 50.1 Å². The van der Waals surface area contributed by atoms with Crippen molar-refractivity contribution in [2.45, 2.75) is 32.4 Å². The molecule has 2 aromatic carbocycles. The van der Waals surface area contributed by atoms with E-state index in [0.29, 0.717) is 17.0 Å². The molecule has 1 aromatic heterocycles. The summed E-state index contributed by atoms with van der Waals surface area (Å²) >= 11 is 0. The molecule has 8 heteroatoms. The fourth-order valence-corrected chi connectivity index (χ4v) is 3.62. The van der Waals surface area contributed by atoms with Gasteiger partial charge in [0.1, 0.15) is 5.69 Å². The minimum absolute atomic E-state index is 0.0911. The lowest BCUT2D eigenvalue weighted by Gasteiger charge is -2.23. The number of carbonyl (C=O) groups excluding carboxylic acids is 1. The van der Waals surface area contributed by atoms with Crippen molar-refractivity contribution in [2.75, 3.05) is 23.3 Å². The fourth-order valence-electron chi connectivity index (χ4n) is 3.62. The van der Waals surface area contributed by atoms with Crippen LogP contribution in [-0.4, -0.2) is 24.2 Å². The van der Waals surface area contributed by atoms with Crippen molar-refractivity contribution in [3.8, 4) is 0 Å². The highest BCUT2D eigenvalue weighted by Gasteiger charge is 2.32. The summed E-state index contributed by atoms with van der Waals surface area (Å²) in [6.07, 6.45) is -2.63. The molecule has 1 amide bonds. The third-order valence-corrected chi connectivity index (χ3v) is 5.07. The van der Waals surface area contributed by atoms with Crippen LogP contribution in [0.1, 0.15) is 29.7 Å². The van der Waals surface area contributed by atoms with Crippen LogP contribution in [0.3, 0.4) is 0 Å². The van der Waals surface area contributed by atoms with Gasteiger partial charge in [-0.2, -0.15) is 13.2 Å². The smallest absolute Gasteiger partial charge is 0.370 e. The predicted octanol–water partition coefficient (Wildman–Crippen LogP) is 4.94. The Bertz CT molecular complexity index is 1050. The summed E-state index contributed by atoms with van der Waals surface area (Å²) in [5, 5.41) is 7.33.